The third-order valence-electron chi connectivity index (χ3n) is 3.46. The van der Waals surface area contributed by atoms with Crippen molar-refractivity contribution in [3.63, 3.8) is 0 Å². The summed E-state index contributed by atoms with van der Waals surface area (Å²) in [6.07, 6.45) is 0.796. The molecular formula is C18H21FN2O. The number of carbonyl (C=O) groups excluding carboxylic acids is 1. The van der Waals surface area contributed by atoms with Crippen molar-refractivity contribution in [2.75, 3.05) is 13.1 Å². The van der Waals surface area contributed by atoms with Gasteiger partial charge in [-0.25, -0.2) is 9.18 Å². The van der Waals surface area contributed by atoms with Gasteiger partial charge in [0, 0.05) is 19.6 Å². The van der Waals surface area contributed by atoms with Gasteiger partial charge in [0.25, 0.3) is 0 Å². The lowest BCUT2D eigenvalue weighted by Gasteiger charge is -2.21. The van der Waals surface area contributed by atoms with Crippen LogP contribution in [0, 0.1) is 5.82 Å². The SMILES string of the molecule is CCN(Cc1cccc(F)c1)C(=O)NCCc1ccccc1. The lowest BCUT2D eigenvalue weighted by atomic mass is 10.1. The van der Waals surface area contributed by atoms with E-state index in [1.807, 2.05) is 43.3 Å². The molecule has 0 saturated carbocycles. The second kappa shape index (κ2) is 8.17. The second-order valence-corrected chi connectivity index (χ2v) is 5.11. The van der Waals surface area contributed by atoms with E-state index >= 15 is 0 Å². The molecule has 0 aliphatic heterocycles. The highest BCUT2D eigenvalue weighted by Gasteiger charge is 2.11. The lowest BCUT2D eigenvalue weighted by Crippen LogP contribution is -2.40. The summed E-state index contributed by atoms with van der Waals surface area (Å²) in [6.45, 7) is 3.48. The van der Waals surface area contributed by atoms with Crippen LogP contribution < -0.4 is 5.32 Å². The minimum Gasteiger partial charge on any atom is -0.338 e. The maximum atomic E-state index is 13.2. The van der Waals surface area contributed by atoms with Crippen LogP contribution in [0.25, 0.3) is 0 Å². The van der Waals surface area contributed by atoms with E-state index in [-0.39, 0.29) is 11.8 Å². The van der Waals surface area contributed by atoms with Crippen LogP contribution in [0.1, 0.15) is 18.1 Å². The van der Waals surface area contributed by atoms with Gasteiger partial charge in [-0.15, -0.1) is 0 Å². The first-order chi connectivity index (χ1) is 10.7. The average Bonchev–Trinajstić information content (AvgIpc) is 2.53. The molecule has 116 valence electrons. The predicted molar refractivity (Wildman–Crippen MR) is 86.0 cm³/mol. The number of nitrogens with one attached hydrogen (secondary N) is 1. The zero-order valence-electron chi connectivity index (χ0n) is 12.8. The maximum absolute atomic E-state index is 13.2. The summed E-state index contributed by atoms with van der Waals surface area (Å²) in [7, 11) is 0. The fourth-order valence-electron chi connectivity index (χ4n) is 2.25. The van der Waals surface area contributed by atoms with Gasteiger partial charge in [0.2, 0.25) is 0 Å². The molecule has 2 amide bonds. The van der Waals surface area contributed by atoms with Gasteiger partial charge < -0.3 is 10.2 Å². The molecule has 0 bridgehead atoms. The van der Waals surface area contributed by atoms with E-state index in [4.69, 9.17) is 0 Å². The minimum atomic E-state index is -0.280. The highest BCUT2D eigenvalue weighted by atomic mass is 19.1. The van der Waals surface area contributed by atoms with Crippen molar-refractivity contribution in [3.8, 4) is 0 Å². The van der Waals surface area contributed by atoms with Crippen molar-refractivity contribution < 1.29 is 9.18 Å². The topological polar surface area (TPSA) is 32.3 Å². The van der Waals surface area contributed by atoms with E-state index in [9.17, 15) is 9.18 Å². The first-order valence-corrected chi connectivity index (χ1v) is 7.50. The summed E-state index contributed by atoms with van der Waals surface area (Å²) >= 11 is 0. The molecule has 2 aromatic carbocycles. The monoisotopic (exact) mass is 300 g/mol. The van der Waals surface area contributed by atoms with Gasteiger partial charge in [0.15, 0.2) is 0 Å². The zero-order valence-corrected chi connectivity index (χ0v) is 12.8. The van der Waals surface area contributed by atoms with Crippen LogP contribution in [0.2, 0.25) is 0 Å². The molecule has 0 fully saturated rings. The van der Waals surface area contributed by atoms with Gasteiger partial charge in [-0.05, 0) is 36.6 Å². The van der Waals surface area contributed by atoms with Gasteiger partial charge in [-0.3, -0.25) is 0 Å². The van der Waals surface area contributed by atoms with E-state index in [0.717, 1.165) is 12.0 Å². The maximum Gasteiger partial charge on any atom is 0.317 e. The molecule has 1 N–H and O–H groups in total. The molecule has 0 atom stereocenters. The number of hydrogen-bond donors (Lipinski definition) is 1. The van der Waals surface area contributed by atoms with Crippen molar-refractivity contribution in [2.45, 2.75) is 19.9 Å². The van der Waals surface area contributed by atoms with Gasteiger partial charge in [0.1, 0.15) is 5.82 Å². The Bertz CT molecular complexity index is 601. The van der Waals surface area contributed by atoms with Gasteiger partial charge in [0.05, 0.1) is 0 Å². The standard InChI is InChI=1S/C18H21FN2O/c1-2-21(14-16-9-6-10-17(19)13-16)18(22)20-12-11-15-7-4-3-5-8-15/h3-10,13H,2,11-12,14H2,1H3,(H,20,22). The molecule has 0 unspecified atom stereocenters. The number of amides is 2. The molecule has 2 rings (SSSR count). The molecule has 2 aromatic rings. The number of nitrogens with zero attached hydrogens (tertiary/aromatic N) is 1. The molecular weight excluding hydrogens is 279 g/mol. The van der Waals surface area contributed by atoms with Crippen molar-refractivity contribution in [1.82, 2.24) is 10.2 Å². The fraction of sp³-hybridized carbons (Fsp3) is 0.278. The molecule has 0 aromatic heterocycles. The smallest absolute Gasteiger partial charge is 0.317 e. The molecule has 22 heavy (non-hydrogen) atoms. The Kier molecular flexibility index (Phi) is 5.95. The summed E-state index contributed by atoms with van der Waals surface area (Å²) in [5.74, 6) is -0.280. The number of benzene rings is 2. The number of rotatable bonds is 6. The van der Waals surface area contributed by atoms with E-state index in [0.29, 0.717) is 19.6 Å². The summed E-state index contributed by atoms with van der Waals surface area (Å²) in [5.41, 5.74) is 1.98. The van der Waals surface area contributed by atoms with Crippen LogP contribution in [-0.2, 0) is 13.0 Å². The van der Waals surface area contributed by atoms with Crippen LogP contribution >= 0.6 is 0 Å². The summed E-state index contributed by atoms with van der Waals surface area (Å²) in [5, 5.41) is 2.91. The predicted octanol–water partition coefficient (Wildman–Crippen LogP) is 3.60. The van der Waals surface area contributed by atoms with Crippen LogP contribution in [0.5, 0.6) is 0 Å². The molecule has 0 saturated heterocycles. The number of halogens is 1. The summed E-state index contributed by atoms with van der Waals surface area (Å²) in [6, 6.07) is 16.2. The molecule has 0 aliphatic carbocycles. The Morgan fingerprint density at radius 2 is 1.82 bits per heavy atom. The van der Waals surface area contributed by atoms with Crippen molar-refractivity contribution >= 4 is 6.03 Å². The third kappa shape index (κ3) is 4.88. The first-order valence-electron chi connectivity index (χ1n) is 7.50. The Hall–Kier alpha value is -2.36. The Morgan fingerprint density at radius 3 is 2.50 bits per heavy atom. The molecule has 3 nitrogen and oxygen atoms in total. The van der Waals surface area contributed by atoms with E-state index in [1.165, 1.54) is 17.7 Å². The molecule has 0 radical (unpaired) electrons. The number of urea groups is 1. The Morgan fingerprint density at radius 1 is 1.09 bits per heavy atom. The first kappa shape index (κ1) is 16.0. The Balaban J connectivity index is 1.84. The van der Waals surface area contributed by atoms with Crippen molar-refractivity contribution in [1.29, 1.82) is 0 Å². The number of carbonyl (C=O) groups is 1. The minimum absolute atomic E-state index is 0.123. The normalized spacial score (nSPS) is 10.3. The lowest BCUT2D eigenvalue weighted by molar-refractivity contribution is 0.198. The highest BCUT2D eigenvalue weighted by Crippen LogP contribution is 2.07. The quantitative estimate of drug-likeness (QED) is 0.868. The van der Waals surface area contributed by atoms with E-state index < -0.39 is 0 Å². The average molecular weight is 300 g/mol. The highest BCUT2D eigenvalue weighted by molar-refractivity contribution is 5.74. The van der Waals surface area contributed by atoms with Crippen molar-refractivity contribution in [3.05, 3.63) is 71.5 Å². The second-order valence-electron chi connectivity index (χ2n) is 5.11. The molecule has 0 heterocycles. The zero-order chi connectivity index (χ0) is 15.8. The largest absolute Gasteiger partial charge is 0.338 e. The van der Waals surface area contributed by atoms with Gasteiger partial charge in [-0.1, -0.05) is 42.5 Å². The third-order valence-corrected chi connectivity index (χ3v) is 3.46. The van der Waals surface area contributed by atoms with Crippen LogP contribution in [-0.4, -0.2) is 24.0 Å². The molecule has 0 spiro atoms. The van der Waals surface area contributed by atoms with Gasteiger partial charge in [-0.2, -0.15) is 0 Å². The number of hydrogen-bond acceptors (Lipinski definition) is 1. The van der Waals surface area contributed by atoms with Crippen LogP contribution in [0.15, 0.2) is 54.6 Å². The molecule has 0 aliphatic rings. The van der Waals surface area contributed by atoms with Gasteiger partial charge >= 0.3 is 6.03 Å². The fourth-order valence-corrected chi connectivity index (χ4v) is 2.25. The summed E-state index contributed by atoms with van der Waals surface area (Å²) < 4.78 is 13.2. The van der Waals surface area contributed by atoms with Crippen molar-refractivity contribution in [2.24, 2.45) is 0 Å². The van der Waals surface area contributed by atoms with Crippen LogP contribution in [0.4, 0.5) is 9.18 Å². The van der Waals surface area contributed by atoms with Crippen LogP contribution in [0.3, 0.4) is 0 Å². The summed E-state index contributed by atoms with van der Waals surface area (Å²) in [4.78, 5) is 13.8. The Labute approximate surface area is 130 Å². The van der Waals surface area contributed by atoms with E-state index in [2.05, 4.69) is 5.32 Å². The molecule has 4 heteroatoms. The van der Waals surface area contributed by atoms with E-state index in [1.54, 1.807) is 11.0 Å².